The lowest BCUT2D eigenvalue weighted by molar-refractivity contribution is -0.135. The molecule has 0 aliphatic carbocycles. The van der Waals surface area contributed by atoms with Crippen LogP contribution in [0.2, 0.25) is 0 Å². The van der Waals surface area contributed by atoms with E-state index >= 15 is 0 Å². The van der Waals surface area contributed by atoms with Crippen molar-refractivity contribution < 1.29 is 14.0 Å². The number of likely N-dealkylation sites (tertiary alicyclic amines) is 1. The standard InChI is InChI=1S/C28H29FN2O2/c1-28(23-10-4-2-5-11-23,24-12-6-3-7-13-24)30-27(33)22-9-8-18-31(20-22)26(32)19-21-14-16-25(29)17-15-21/h2-7,10-17,22H,8-9,18-20H2,1H3,(H,30,33). The van der Waals surface area contributed by atoms with E-state index in [1.165, 1.54) is 12.1 Å². The van der Waals surface area contributed by atoms with Gasteiger partial charge in [0.25, 0.3) is 0 Å². The fourth-order valence-electron chi connectivity index (χ4n) is 4.51. The Morgan fingerprint density at radius 3 is 2.09 bits per heavy atom. The number of benzene rings is 3. The van der Waals surface area contributed by atoms with Crippen molar-refractivity contribution in [3.8, 4) is 0 Å². The van der Waals surface area contributed by atoms with Gasteiger partial charge in [0.15, 0.2) is 0 Å². The van der Waals surface area contributed by atoms with Gasteiger partial charge >= 0.3 is 0 Å². The molecule has 0 bridgehead atoms. The Morgan fingerprint density at radius 1 is 0.939 bits per heavy atom. The molecule has 0 spiro atoms. The van der Waals surface area contributed by atoms with Gasteiger partial charge in [-0.3, -0.25) is 9.59 Å². The Hall–Kier alpha value is -3.47. The maximum atomic E-state index is 13.4. The average molecular weight is 445 g/mol. The number of hydrogen-bond acceptors (Lipinski definition) is 2. The van der Waals surface area contributed by atoms with Crippen LogP contribution in [-0.4, -0.2) is 29.8 Å². The minimum Gasteiger partial charge on any atom is -0.342 e. The Bertz CT molecular complexity index is 1040. The maximum Gasteiger partial charge on any atom is 0.227 e. The third kappa shape index (κ3) is 5.30. The summed E-state index contributed by atoms with van der Waals surface area (Å²) in [5, 5.41) is 3.29. The lowest BCUT2D eigenvalue weighted by atomic mass is 9.83. The van der Waals surface area contributed by atoms with Crippen molar-refractivity contribution in [3.05, 3.63) is 107 Å². The monoisotopic (exact) mass is 444 g/mol. The number of carbonyl (C=O) groups is 2. The van der Waals surface area contributed by atoms with Crippen LogP contribution in [0.1, 0.15) is 36.5 Å². The summed E-state index contributed by atoms with van der Waals surface area (Å²) < 4.78 is 13.2. The van der Waals surface area contributed by atoms with E-state index in [4.69, 9.17) is 0 Å². The molecular formula is C28H29FN2O2. The van der Waals surface area contributed by atoms with Crippen molar-refractivity contribution in [2.45, 2.75) is 31.7 Å². The molecule has 3 aromatic carbocycles. The van der Waals surface area contributed by atoms with E-state index in [-0.39, 0.29) is 30.0 Å². The molecule has 1 atom stereocenters. The average Bonchev–Trinajstić information content (AvgIpc) is 2.86. The molecule has 33 heavy (non-hydrogen) atoms. The molecule has 3 aromatic rings. The minimum atomic E-state index is -0.681. The summed E-state index contributed by atoms with van der Waals surface area (Å²) in [6.07, 6.45) is 1.73. The molecular weight excluding hydrogens is 415 g/mol. The van der Waals surface area contributed by atoms with Gasteiger partial charge in [-0.15, -0.1) is 0 Å². The van der Waals surface area contributed by atoms with Crippen LogP contribution in [0.5, 0.6) is 0 Å². The highest BCUT2D eigenvalue weighted by molar-refractivity contribution is 5.83. The second-order valence-electron chi connectivity index (χ2n) is 8.83. The van der Waals surface area contributed by atoms with Crippen molar-refractivity contribution in [1.29, 1.82) is 0 Å². The quantitative estimate of drug-likeness (QED) is 0.600. The van der Waals surface area contributed by atoms with Crippen LogP contribution in [0.3, 0.4) is 0 Å². The van der Waals surface area contributed by atoms with Crippen molar-refractivity contribution in [2.75, 3.05) is 13.1 Å². The zero-order chi connectivity index (χ0) is 23.3. The van der Waals surface area contributed by atoms with Gasteiger partial charge in [-0.05, 0) is 48.6 Å². The summed E-state index contributed by atoms with van der Waals surface area (Å²) in [6, 6.07) is 25.9. The molecule has 1 fully saturated rings. The van der Waals surface area contributed by atoms with Crippen molar-refractivity contribution in [2.24, 2.45) is 5.92 Å². The molecule has 1 unspecified atom stereocenters. The molecule has 0 saturated carbocycles. The van der Waals surface area contributed by atoms with E-state index in [0.717, 1.165) is 29.5 Å². The zero-order valence-electron chi connectivity index (χ0n) is 18.8. The van der Waals surface area contributed by atoms with Crippen LogP contribution in [0.25, 0.3) is 0 Å². The first kappa shape index (κ1) is 22.7. The molecule has 170 valence electrons. The maximum absolute atomic E-state index is 13.4. The molecule has 1 aliphatic heterocycles. The Labute approximate surface area is 194 Å². The van der Waals surface area contributed by atoms with Gasteiger partial charge in [0.05, 0.1) is 17.9 Å². The molecule has 0 radical (unpaired) electrons. The number of halogens is 1. The van der Waals surface area contributed by atoms with Gasteiger partial charge in [-0.2, -0.15) is 0 Å². The van der Waals surface area contributed by atoms with E-state index in [1.54, 1.807) is 17.0 Å². The van der Waals surface area contributed by atoms with Crippen molar-refractivity contribution >= 4 is 11.8 Å². The van der Waals surface area contributed by atoms with Crippen molar-refractivity contribution in [3.63, 3.8) is 0 Å². The lowest BCUT2D eigenvalue weighted by Crippen LogP contribution is -2.51. The Morgan fingerprint density at radius 2 is 1.52 bits per heavy atom. The van der Waals surface area contributed by atoms with E-state index in [9.17, 15) is 14.0 Å². The summed E-state index contributed by atoms with van der Waals surface area (Å²) in [7, 11) is 0. The molecule has 4 rings (SSSR count). The lowest BCUT2D eigenvalue weighted by Gasteiger charge is -2.37. The number of rotatable bonds is 6. The van der Waals surface area contributed by atoms with Crippen LogP contribution in [0.4, 0.5) is 4.39 Å². The van der Waals surface area contributed by atoms with Gasteiger partial charge in [0.1, 0.15) is 5.82 Å². The van der Waals surface area contributed by atoms with Gasteiger partial charge in [0, 0.05) is 13.1 Å². The SMILES string of the molecule is CC(NC(=O)C1CCCN(C(=O)Cc2ccc(F)cc2)C1)(c1ccccc1)c1ccccc1. The topological polar surface area (TPSA) is 49.4 Å². The van der Waals surface area contributed by atoms with Crippen molar-refractivity contribution in [1.82, 2.24) is 10.2 Å². The molecule has 1 saturated heterocycles. The highest BCUT2D eigenvalue weighted by Gasteiger charge is 2.35. The van der Waals surface area contributed by atoms with Gasteiger partial charge in [0.2, 0.25) is 11.8 Å². The number of piperidine rings is 1. The zero-order valence-corrected chi connectivity index (χ0v) is 18.8. The van der Waals surface area contributed by atoms with E-state index in [2.05, 4.69) is 5.32 Å². The normalized spacial score (nSPS) is 16.3. The second kappa shape index (κ2) is 9.99. The van der Waals surface area contributed by atoms with Gasteiger partial charge in [-0.1, -0.05) is 72.8 Å². The third-order valence-electron chi connectivity index (χ3n) is 6.49. The number of nitrogens with one attached hydrogen (secondary N) is 1. The molecule has 1 N–H and O–H groups in total. The van der Waals surface area contributed by atoms with Gasteiger partial charge < -0.3 is 10.2 Å². The molecule has 5 heteroatoms. The van der Waals surface area contributed by atoms with Crippen LogP contribution in [0.15, 0.2) is 84.9 Å². The molecule has 1 aliphatic rings. The van der Waals surface area contributed by atoms with Gasteiger partial charge in [-0.25, -0.2) is 4.39 Å². The van der Waals surface area contributed by atoms with Crippen LogP contribution < -0.4 is 5.32 Å². The smallest absolute Gasteiger partial charge is 0.227 e. The summed E-state index contributed by atoms with van der Waals surface area (Å²) in [4.78, 5) is 28.0. The highest BCUT2D eigenvalue weighted by Crippen LogP contribution is 2.30. The fraction of sp³-hybridized carbons (Fsp3) is 0.286. The predicted molar refractivity (Wildman–Crippen MR) is 127 cm³/mol. The number of hydrogen-bond donors (Lipinski definition) is 1. The van der Waals surface area contributed by atoms with E-state index < -0.39 is 5.54 Å². The van der Waals surface area contributed by atoms with Crippen LogP contribution in [0, 0.1) is 11.7 Å². The highest BCUT2D eigenvalue weighted by atomic mass is 19.1. The number of carbonyl (C=O) groups excluding carboxylic acids is 2. The first-order valence-corrected chi connectivity index (χ1v) is 11.4. The van der Waals surface area contributed by atoms with E-state index in [1.807, 2.05) is 67.6 Å². The summed E-state index contributed by atoms with van der Waals surface area (Å²) in [5.41, 5.74) is 2.10. The number of nitrogens with zero attached hydrogens (tertiary/aromatic N) is 1. The Balaban J connectivity index is 1.48. The summed E-state index contributed by atoms with van der Waals surface area (Å²) >= 11 is 0. The second-order valence-corrected chi connectivity index (χ2v) is 8.83. The minimum absolute atomic E-state index is 0.0343. The first-order valence-electron chi connectivity index (χ1n) is 11.4. The van der Waals surface area contributed by atoms with Crippen LogP contribution in [-0.2, 0) is 21.5 Å². The molecule has 0 aromatic heterocycles. The third-order valence-corrected chi connectivity index (χ3v) is 6.49. The molecule has 1 heterocycles. The van der Waals surface area contributed by atoms with Crippen LogP contribution >= 0.6 is 0 Å². The summed E-state index contributed by atoms with van der Waals surface area (Å²) in [6.45, 7) is 3.06. The number of amides is 2. The largest absolute Gasteiger partial charge is 0.342 e. The molecule has 4 nitrogen and oxygen atoms in total. The first-order chi connectivity index (χ1) is 16.0. The predicted octanol–water partition coefficient (Wildman–Crippen LogP) is 4.69. The summed E-state index contributed by atoms with van der Waals surface area (Å²) in [5.74, 6) is -0.680. The Kier molecular flexibility index (Phi) is 6.87. The fourth-order valence-corrected chi connectivity index (χ4v) is 4.51. The molecule has 2 amide bonds. The van der Waals surface area contributed by atoms with E-state index in [0.29, 0.717) is 13.1 Å².